The van der Waals surface area contributed by atoms with Gasteiger partial charge in [0.2, 0.25) is 0 Å². The highest BCUT2D eigenvalue weighted by molar-refractivity contribution is 5.80. The number of piperidine rings is 1. The van der Waals surface area contributed by atoms with Crippen LogP contribution in [0.2, 0.25) is 0 Å². The number of halogens is 3. The van der Waals surface area contributed by atoms with Crippen molar-refractivity contribution in [2.75, 3.05) is 26.7 Å². The quantitative estimate of drug-likeness (QED) is 0.294. The van der Waals surface area contributed by atoms with Gasteiger partial charge in [0.05, 0.1) is 6.61 Å². The Labute approximate surface area is 196 Å². The van der Waals surface area contributed by atoms with Gasteiger partial charge in [-0.25, -0.2) is 13.2 Å². The molecule has 0 spiro atoms. The molecule has 0 aromatic heterocycles. The SMILES string of the molecule is C=C/C(C)=C(\C=C)CCC(N)(CC)C(=O)OCC1CCN(C)CC1.Fc1cccc(F)c1F. The average Bonchev–Trinajstić information content (AvgIpc) is 2.82. The largest absolute Gasteiger partial charge is 0.464 e. The van der Waals surface area contributed by atoms with E-state index < -0.39 is 23.0 Å². The summed E-state index contributed by atoms with van der Waals surface area (Å²) in [6.45, 7) is 14.2. The van der Waals surface area contributed by atoms with Gasteiger partial charge in [-0.3, -0.25) is 4.79 Å². The van der Waals surface area contributed by atoms with E-state index in [9.17, 15) is 18.0 Å². The monoisotopic (exact) mass is 466 g/mol. The van der Waals surface area contributed by atoms with Gasteiger partial charge in [-0.2, -0.15) is 0 Å². The molecule has 7 heteroatoms. The van der Waals surface area contributed by atoms with Crippen molar-refractivity contribution in [3.8, 4) is 0 Å². The summed E-state index contributed by atoms with van der Waals surface area (Å²) in [7, 11) is 2.13. The number of rotatable bonds is 9. The molecule has 0 bridgehead atoms. The molecule has 1 saturated heterocycles. The molecular formula is C26H37F3N2O2. The topological polar surface area (TPSA) is 55.6 Å². The summed E-state index contributed by atoms with van der Waals surface area (Å²) in [5.41, 5.74) is 7.58. The van der Waals surface area contributed by atoms with Crippen LogP contribution < -0.4 is 5.73 Å². The van der Waals surface area contributed by atoms with Crippen LogP contribution in [-0.4, -0.2) is 43.2 Å². The van der Waals surface area contributed by atoms with Crippen LogP contribution in [0.25, 0.3) is 0 Å². The molecule has 0 radical (unpaired) electrons. The maximum Gasteiger partial charge on any atom is 0.326 e. The number of hydrogen-bond donors (Lipinski definition) is 1. The molecule has 1 aliphatic rings. The zero-order chi connectivity index (χ0) is 25.0. The number of likely N-dealkylation sites (tertiary alicyclic amines) is 1. The van der Waals surface area contributed by atoms with E-state index in [1.165, 1.54) is 0 Å². The predicted molar refractivity (Wildman–Crippen MR) is 127 cm³/mol. The van der Waals surface area contributed by atoms with Crippen molar-refractivity contribution >= 4 is 5.97 Å². The first-order chi connectivity index (χ1) is 15.6. The van der Waals surface area contributed by atoms with E-state index in [-0.39, 0.29) is 5.97 Å². The first kappa shape index (κ1) is 28.7. The normalized spacial score (nSPS) is 17.2. The van der Waals surface area contributed by atoms with Crippen LogP contribution in [0, 0.1) is 23.4 Å². The Balaban J connectivity index is 0.000000502. The molecule has 1 fully saturated rings. The number of nitrogens with two attached hydrogens (primary N) is 1. The molecular weight excluding hydrogens is 429 g/mol. The van der Waals surface area contributed by atoms with Crippen LogP contribution in [0.1, 0.15) is 46.0 Å². The lowest BCUT2D eigenvalue weighted by Crippen LogP contribution is -2.49. The molecule has 1 aliphatic heterocycles. The van der Waals surface area contributed by atoms with Gasteiger partial charge in [0.25, 0.3) is 0 Å². The predicted octanol–water partition coefficient (Wildman–Crippen LogP) is 5.55. The van der Waals surface area contributed by atoms with Gasteiger partial charge < -0.3 is 15.4 Å². The van der Waals surface area contributed by atoms with Gasteiger partial charge in [0.1, 0.15) is 5.54 Å². The molecule has 1 unspecified atom stereocenters. The molecule has 0 saturated carbocycles. The molecule has 1 aromatic rings. The maximum absolute atomic E-state index is 12.5. The molecule has 1 heterocycles. The molecule has 33 heavy (non-hydrogen) atoms. The second kappa shape index (κ2) is 14.0. The number of ether oxygens (including phenoxy) is 1. The van der Waals surface area contributed by atoms with Crippen molar-refractivity contribution in [3.05, 3.63) is 72.1 Å². The Hall–Kier alpha value is -2.38. The first-order valence-electron chi connectivity index (χ1n) is 11.3. The number of allylic oxidation sites excluding steroid dienone is 4. The van der Waals surface area contributed by atoms with Crippen LogP contribution in [0.5, 0.6) is 0 Å². The Morgan fingerprint density at radius 3 is 2.24 bits per heavy atom. The second-order valence-corrected chi connectivity index (χ2v) is 8.51. The minimum absolute atomic E-state index is 0.274. The summed E-state index contributed by atoms with van der Waals surface area (Å²) < 4.78 is 41.5. The number of hydrogen-bond acceptors (Lipinski definition) is 4. The summed E-state index contributed by atoms with van der Waals surface area (Å²) in [6.07, 6.45) is 7.61. The van der Waals surface area contributed by atoms with Crippen LogP contribution >= 0.6 is 0 Å². The first-order valence-corrected chi connectivity index (χ1v) is 11.3. The Morgan fingerprint density at radius 1 is 1.21 bits per heavy atom. The van der Waals surface area contributed by atoms with Gasteiger partial charge in [0.15, 0.2) is 17.5 Å². The van der Waals surface area contributed by atoms with Crippen molar-refractivity contribution in [2.45, 2.75) is 51.5 Å². The summed E-state index contributed by atoms with van der Waals surface area (Å²) in [4.78, 5) is 14.8. The summed E-state index contributed by atoms with van der Waals surface area (Å²) in [5, 5.41) is 0. The van der Waals surface area contributed by atoms with Gasteiger partial charge in [-0.1, -0.05) is 38.3 Å². The van der Waals surface area contributed by atoms with Gasteiger partial charge in [-0.15, -0.1) is 0 Å². The third-order valence-corrected chi connectivity index (χ3v) is 6.13. The van der Waals surface area contributed by atoms with Crippen molar-refractivity contribution in [1.82, 2.24) is 4.90 Å². The highest BCUT2D eigenvalue weighted by Crippen LogP contribution is 2.23. The van der Waals surface area contributed by atoms with Crippen LogP contribution in [-0.2, 0) is 9.53 Å². The molecule has 4 nitrogen and oxygen atoms in total. The van der Waals surface area contributed by atoms with E-state index in [0.717, 1.165) is 55.3 Å². The number of nitrogens with zero attached hydrogens (tertiary/aromatic N) is 1. The standard InChI is InChI=1S/C20H34N2O2.C6H3F3/c1-6-16(4)18(7-2)9-12-20(21,8-3)19(23)24-15-17-10-13-22(5)14-11-17;7-4-2-1-3-5(8)6(4)9/h6-7,17H,1-2,8-15,21H2,3-5H3;1-3H/b18-16+;. The zero-order valence-electron chi connectivity index (χ0n) is 20.0. The van der Waals surface area contributed by atoms with Gasteiger partial charge in [0, 0.05) is 0 Å². The number of carbonyl (C=O) groups excluding carboxylic acids is 1. The lowest BCUT2D eigenvalue weighted by Gasteiger charge is -2.31. The molecule has 2 N–H and O–H groups in total. The summed E-state index contributed by atoms with van der Waals surface area (Å²) >= 11 is 0. The van der Waals surface area contributed by atoms with E-state index in [1.54, 1.807) is 6.08 Å². The molecule has 1 atom stereocenters. The Morgan fingerprint density at radius 2 is 1.79 bits per heavy atom. The minimum atomic E-state index is -1.42. The second-order valence-electron chi connectivity index (χ2n) is 8.51. The smallest absolute Gasteiger partial charge is 0.326 e. The van der Waals surface area contributed by atoms with Gasteiger partial charge >= 0.3 is 5.97 Å². The fraction of sp³-hybridized carbons (Fsp3) is 0.500. The van der Waals surface area contributed by atoms with Gasteiger partial charge in [-0.05, 0) is 88.4 Å². The van der Waals surface area contributed by atoms with E-state index >= 15 is 0 Å². The lowest BCUT2D eigenvalue weighted by atomic mass is 9.88. The van der Waals surface area contributed by atoms with Crippen molar-refractivity contribution in [1.29, 1.82) is 0 Å². The van der Waals surface area contributed by atoms with Crippen LogP contribution in [0.4, 0.5) is 13.2 Å². The number of carbonyl (C=O) groups is 1. The third-order valence-electron chi connectivity index (χ3n) is 6.13. The van der Waals surface area contributed by atoms with E-state index in [1.807, 2.05) is 19.9 Å². The van der Waals surface area contributed by atoms with Crippen molar-refractivity contribution in [3.63, 3.8) is 0 Å². The fourth-order valence-electron chi connectivity index (χ4n) is 3.42. The van der Waals surface area contributed by atoms with E-state index in [0.29, 0.717) is 31.8 Å². The summed E-state index contributed by atoms with van der Waals surface area (Å²) in [6, 6.07) is 2.82. The Bertz CT molecular complexity index is 813. The molecule has 2 rings (SSSR count). The van der Waals surface area contributed by atoms with E-state index in [4.69, 9.17) is 10.5 Å². The number of benzene rings is 1. The van der Waals surface area contributed by atoms with E-state index in [2.05, 4.69) is 25.1 Å². The minimum Gasteiger partial charge on any atom is -0.464 e. The highest BCUT2D eigenvalue weighted by atomic mass is 19.2. The van der Waals surface area contributed by atoms with Crippen LogP contribution in [0.15, 0.2) is 54.7 Å². The third kappa shape index (κ3) is 9.18. The fourth-order valence-corrected chi connectivity index (χ4v) is 3.42. The maximum atomic E-state index is 12.5. The molecule has 0 amide bonds. The Kier molecular flexibility index (Phi) is 12.2. The highest BCUT2D eigenvalue weighted by Gasteiger charge is 2.34. The zero-order valence-corrected chi connectivity index (χ0v) is 20.0. The molecule has 0 aliphatic carbocycles. The molecule has 1 aromatic carbocycles. The van der Waals surface area contributed by atoms with Crippen LogP contribution in [0.3, 0.4) is 0 Å². The lowest BCUT2D eigenvalue weighted by molar-refractivity contribution is -0.152. The van der Waals surface area contributed by atoms with Crippen molar-refractivity contribution in [2.24, 2.45) is 11.7 Å². The molecule has 184 valence electrons. The van der Waals surface area contributed by atoms with Crippen molar-refractivity contribution < 1.29 is 22.7 Å². The average molecular weight is 467 g/mol. The number of esters is 1. The summed E-state index contributed by atoms with van der Waals surface area (Å²) in [5.74, 6) is -3.55.